The summed E-state index contributed by atoms with van der Waals surface area (Å²) in [7, 11) is 1.63. The molecule has 1 rings (SSSR count). The molecule has 0 saturated carbocycles. The summed E-state index contributed by atoms with van der Waals surface area (Å²) in [4.78, 5) is 26.4. The molecular formula is C20H35N3O4. The van der Waals surface area contributed by atoms with E-state index >= 15 is 0 Å². The largest absolute Gasteiger partial charge is 0.385 e. The van der Waals surface area contributed by atoms with Crippen molar-refractivity contribution < 1.29 is 18.8 Å². The molecule has 1 N–H and O–H groups in total. The molecule has 0 atom stereocenters. The minimum Gasteiger partial charge on any atom is -0.385 e. The Balaban J connectivity index is 2.39. The number of amides is 2. The summed E-state index contributed by atoms with van der Waals surface area (Å²) in [5.74, 6) is 0.742. The van der Waals surface area contributed by atoms with Crippen LogP contribution in [0.1, 0.15) is 70.5 Å². The van der Waals surface area contributed by atoms with E-state index in [0.717, 1.165) is 12.8 Å². The molecule has 0 bridgehead atoms. The summed E-state index contributed by atoms with van der Waals surface area (Å²) in [5, 5.41) is 6.41. The molecule has 0 spiro atoms. The zero-order chi connectivity index (χ0) is 19.9. The van der Waals surface area contributed by atoms with Crippen LogP contribution in [-0.4, -0.2) is 48.7 Å². The third kappa shape index (κ3) is 10.8. The van der Waals surface area contributed by atoms with Gasteiger partial charge in [-0.2, -0.15) is 0 Å². The number of unbranched alkanes of at least 4 members (excludes halogenated alkanes) is 6. The second kappa shape index (κ2) is 14.2. The van der Waals surface area contributed by atoms with Crippen molar-refractivity contribution in [2.75, 3.05) is 32.1 Å². The normalized spacial score (nSPS) is 10.8. The Morgan fingerprint density at radius 1 is 1.15 bits per heavy atom. The number of methoxy groups -OCH3 is 1. The van der Waals surface area contributed by atoms with Crippen molar-refractivity contribution in [3.05, 3.63) is 11.8 Å². The minimum absolute atomic E-state index is 0.0188. The van der Waals surface area contributed by atoms with Gasteiger partial charge in [-0.3, -0.25) is 9.59 Å². The van der Waals surface area contributed by atoms with Crippen LogP contribution in [0.15, 0.2) is 10.6 Å². The first kappa shape index (κ1) is 23.1. The Labute approximate surface area is 162 Å². The van der Waals surface area contributed by atoms with Crippen molar-refractivity contribution >= 4 is 17.6 Å². The highest BCUT2D eigenvalue weighted by Crippen LogP contribution is 2.11. The Hall–Kier alpha value is -1.89. The van der Waals surface area contributed by atoms with E-state index in [1.165, 1.54) is 32.1 Å². The molecule has 0 aliphatic carbocycles. The van der Waals surface area contributed by atoms with Crippen LogP contribution in [0.5, 0.6) is 0 Å². The van der Waals surface area contributed by atoms with Crippen molar-refractivity contribution in [3.63, 3.8) is 0 Å². The molecule has 7 heteroatoms. The Morgan fingerprint density at radius 3 is 2.48 bits per heavy atom. The number of hydrogen-bond acceptors (Lipinski definition) is 5. The third-order valence-corrected chi connectivity index (χ3v) is 4.35. The Bertz CT molecular complexity index is 545. The number of carbonyl (C=O) groups excluding carboxylic acids is 2. The van der Waals surface area contributed by atoms with Gasteiger partial charge in [0.1, 0.15) is 5.76 Å². The van der Waals surface area contributed by atoms with Crippen LogP contribution in [0.3, 0.4) is 0 Å². The van der Waals surface area contributed by atoms with Gasteiger partial charge in [-0.15, -0.1) is 0 Å². The molecule has 0 unspecified atom stereocenters. The predicted octanol–water partition coefficient (Wildman–Crippen LogP) is 3.93. The molecule has 0 aliphatic heterocycles. The molecular weight excluding hydrogens is 346 g/mol. The maximum atomic E-state index is 12.5. The fraction of sp³-hybridized carbons (Fsp3) is 0.750. The Morgan fingerprint density at radius 2 is 1.85 bits per heavy atom. The number of carbonyl (C=O) groups is 2. The van der Waals surface area contributed by atoms with E-state index in [1.54, 1.807) is 25.0 Å². The summed E-state index contributed by atoms with van der Waals surface area (Å²) in [6.07, 6.45) is 9.32. The van der Waals surface area contributed by atoms with Gasteiger partial charge < -0.3 is 19.5 Å². The van der Waals surface area contributed by atoms with Crippen LogP contribution >= 0.6 is 0 Å². The number of ether oxygens (including phenoxy) is 1. The molecule has 2 amide bonds. The van der Waals surface area contributed by atoms with Crippen molar-refractivity contribution in [2.24, 2.45) is 0 Å². The monoisotopic (exact) mass is 381 g/mol. The van der Waals surface area contributed by atoms with Crippen molar-refractivity contribution in [3.8, 4) is 0 Å². The number of hydrogen-bond donors (Lipinski definition) is 1. The van der Waals surface area contributed by atoms with Crippen LogP contribution in [0.4, 0.5) is 5.82 Å². The summed E-state index contributed by atoms with van der Waals surface area (Å²) >= 11 is 0. The van der Waals surface area contributed by atoms with Gasteiger partial charge in [0.25, 0.3) is 0 Å². The first-order valence-electron chi connectivity index (χ1n) is 10.1. The highest BCUT2D eigenvalue weighted by atomic mass is 16.5. The highest BCUT2D eigenvalue weighted by molar-refractivity contribution is 5.93. The second-order valence-electron chi connectivity index (χ2n) is 6.90. The molecule has 7 nitrogen and oxygen atoms in total. The lowest BCUT2D eigenvalue weighted by Crippen LogP contribution is -2.39. The van der Waals surface area contributed by atoms with Crippen molar-refractivity contribution in [1.29, 1.82) is 0 Å². The van der Waals surface area contributed by atoms with E-state index in [2.05, 4.69) is 17.4 Å². The lowest BCUT2D eigenvalue weighted by molar-refractivity contribution is -0.135. The van der Waals surface area contributed by atoms with Crippen LogP contribution in [0.2, 0.25) is 0 Å². The summed E-state index contributed by atoms with van der Waals surface area (Å²) in [6.45, 7) is 5.05. The van der Waals surface area contributed by atoms with E-state index < -0.39 is 0 Å². The standard InChI is InChI=1S/C20H35N3O4/c1-4-5-6-7-8-9-10-12-20(25)23(13-11-14-26-3)16-19(24)21-18-15-17(2)27-22-18/h15H,4-14,16H2,1-3H3,(H,21,22,24). The fourth-order valence-electron chi connectivity index (χ4n) is 2.86. The van der Waals surface area contributed by atoms with Crippen LogP contribution in [0, 0.1) is 6.92 Å². The van der Waals surface area contributed by atoms with Crippen LogP contribution < -0.4 is 5.32 Å². The SMILES string of the molecule is CCCCCCCCCC(=O)N(CCCOC)CC(=O)Nc1cc(C)on1. The molecule has 0 saturated heterocycles. The zero-order valence-electron chi connectivity index (χ0n) is 17.1. The number of anilines is 1. The van der Waals surface area contributed by atoms with Gasteiger partial charge in [0.2, 0.25) is 11.8 Å². The Kier molecular flexibility index (Phi) is 12.2. The summed E-state index contributed by atoms with van der Waals surface area (Å²) in [5.41, 5.74) is 0. The molecule has 0 aliphatic rings. The molecule has 0 radical (unpaired) electrons. The fourth-order valence-corrected chi connectivity index (χ4v) is 2.86. The number of aryl methyl sites for hydroxylation is 1. The number of nitrogens with one attached hydrogen (secondary N) is 1. The van der Waals surface area contributed by atoms with Gasteiger partial charge in [-0.25, -0.2) is 0 Å². The lowest BCUT2D eigenvalue weighted by Gasteiger charge is -2.22. The van der Waals surface area contributed by atoms with Crippen LogP contribution in [-0.2, 0) is 14.3 Å². The molecule has 27 heavy (non-hydrogen) atoms. The topological polar surface area (TPSA) is 84.7 Å². The minimum atomic E-state index is -0.270. The average Bonchev–Trinajstić information content (AvgIpc) is 3.04. The maximum Gasteiger partial charge on any atom is 0.245 e. The summed E-state index contributed by atoms with van der Waals surface area (Å²) in [6, 6.07) is 1.65. The van der Waals surface area contributed by atoms with E-state index in [4.69, 9.17) is 9.26 Å². The predicted molar refractivity (Wildman–Crippen MR) is 106 cm³/mol. The van der Waals surface area contributed by atoms with Gasteiger partial charge in [-0.05, 0) is 19.8 Å². The molecule has 1 heterocycles. The molecule has 0 aromatic carbocycles. The molecule has 1 aromatic heterocycles. The lowest BCUT2D eigenvalue weighted by atomic mass is 10.1. The van der Waals surface area contributed by atoms with E-state index in [9.17, 15) is 9.59 Å². The molecule has 154 valence electrons. The third-order valence-electron chi connectivity index (χ3n) is 4.35. The van der Waals surface area contributed by atoms with E-state index in [0.29, 0.717) is 37.6 Å². The second-order valence-corrected chi connectivity index (χ2v) is 6.90. The van der Waals surface area contributed by atoms with Crippen molar-refractivity contribution in [2.45, 2.75) is 71.6 Å². The molecule has 1 aromatic rings. The quantitative estimate of drug-likeness (QED) is 0.465. The average molecular weight is 382 g/mol. The first-order chi connectivity index (χ1) is 13.1. The van der Waals surface area contributed by atoms with Gasteiger partial charge in [0.05, 0.1) is 6.54 Å². The number of rotatable bonds is 15. The number of aromatic nitrogens is 1. The molecule has 0 fully saturated rings. The van der Waals surface area contributed by atoms with Crippen molar-refractivity contribution in [1.82, 2.24) is 10.1 Å². The number of nitrogens with zero attached hydrogens (tertiary/aromatic N) is 2. The summed E-state index contributed by atoms with van der Waals surface area (Å²) < 4.78 is 10.00. The van der Waals surface area contributed by atoms with Gasteiger partial charge in [0, 0.05) is 32.7 Å². The van der Waals surface area contributed by atoms with E-state index in [1.807, 2.05) is 0 Å². The van der Waals surface area contributed by atoms with Gasteiger partial charge in [0.15, 0.2) is 5.82 Å². The van der Waals surface area contributed by atoms with E-state index in [-0.39, 0.29) is 18.4 Å². The van der Waals surface area contributed by atoms with Crippen LogP contribution in [0.25, 0.3) is 0 Å². The highest BCUT2D eigenvalue weighted by Gasteiger charge is 2.17. The first-order valence-corrected chi connectivity index (χ1v) is 10.1. The zero-order valence-corrected chi connectivity index (χ0v) is 17.1. The van der Waals surface area contributed by atoms with Gasteiger partial charge in [-0.1, -0.05) is 50.6 Å². The maximum absolute atomic E-state index is 12.5. The van der Waals surface area contributed by atoms with Gasteiger partial charge >= 0.3 is 0 Å². The smallest absolute Gasteiger partial charge is 0.245 e.